The number of hydrogen-bond acceptors (Lipinski definition) is 4. The maximum absolute atomic E-state index is 12.4. The molecule has 0 unspecified atom stereocenters. The molecule has 0 bridgehead atoms. The Bertz CT molecular complexity index is 509. The lowest BCUT2D eigenvalue weighted by molar-refractivity contribution is -0.0438. The highest BCUT2D eigenvalue weighted by molar-refractivity contribution is 4.74. The molecule has 2 aliphatic carbocycles. The van der Waals surface area contributed by atoms with Crippen molar-refractivity contribution >= 4 is 0 Å². The zero-order chi connectivity index (χ0) is 37.1. The Balaban J connectivity index is -0.000000231. The maximum atomic E-state index is 12.4. The lowest BCUT2D eigenvalue weighted by Crippen LogP contribution is -2.23. The van der Waals surface area contributed by atoms with Crippen LogP contribution >= 0.6 is 0 Å². The summed E-state index contributed by atoms with van der Waals surface area (Å²) in [6.45, 7) is 31.9. The van der Waals surface area contributed by atoms with Gasteiger partial charge in [-0.1, -0.05) is 128 Å². The third-order valence-electron chi connectivity index (χ3n) is 8.64. The molecule has 4 nitrogen and oxygen atoms in total. The van der Waals surface area contributed by atoms with Crippen LogP contribution in [0.4, 0.5) is 8.78 Å². The van der Waals surface area contributed by atoms with E-state index in [9.17, 15) is 8.78 Å². The first-order chi connectivity index (χ1) is 22.0. The van der Waals surface area contributed by atoms with Crippen LogP contribution in [0.2, 0.25) is 0 Å². The van der Waals surface area contributed by atoms with Gasteiger partial charge < -0.3 is 20.7 Å². The largest absolute Gasteiger partial charge is 0.381 e. The number of rotatable bonds is 8. The molecule has 0 aromatic heterocycles. The summed E-state index contributed by atoms with van der Waals surface area (Å²) in [4.78, 5) is 0. The zero-order valence-electron chi connectivity index (χ0n) is 34.9. The molecule has 1 aliphatic heterocycles. The SMILES string of the molecule is CC1CCC(F)(F)CC1.CC1CCCCC1.CC1CCOCC1.CCC(C)CC.CNCC(C)C.CNCC(C)C.CNCC(C)C. The Morgan fingerprint density at radius 3 is 1.02 bits per heavy atom. The predicted octanol–water partition coefficient (Wildman–Crippen LogP) is 11.9. The highest BCUT2D eigenvalue weighted by Gasteiger charge is 2.33. The number of hydrogen-bond donors (Lipinski definition) is 3. The van der Waals surface area contributed by atoms with Crippen molar-refractivity contribution in [3.8, 4) is 0 Å². The van der Waals surface area contributed by atoms with E-state index in [-0.39, 0.29) is 12.8 Å². The zero-order valence-corrected chi connectivity index (χ0v) is 34.9. The number of ether oxygens (including phenoxy) is 1. The van der Waals surface area contributed by atoms with Crippen LogP contribution in [0.5, 0.6) is 0 Å². The minimum Gasteiger partial charge on any atom is -0.381 e. The van der Waals surface area contributed by atoms with E-state index in [0.29, 0.717) is 18.8 Å². The van der Waals surface area contributed by atoms with Gasteiger partial charge in [0.25, 0.3) is 0 Å². The van der Waals surface area contributed by atoms with Gasteiger partial charge in [-0.2, -0.15) is 0 Å². The van der Waals surface area contributed by atoms with Gasteiger partial charge in [-0.3, -0.25) is 0 Å². The molecule has 3 aliphatic rings. The van der Waals surface area contributed by atoms with E-state index < -0.39 is 5.92 Å². The van der Waals surface area contributed by atoms with Crippen LogP contribution in [0.1, 0.15) is 167 Å². The summed E-state index contributed by atoms with van der Waals surface area (Å²) in [5, 5.41) is 9.20. The monoisotopic (exact) mass is 680 g/mol. The van der Waals surface area contributed by atoms with Crippen LogP contribution in [-0.4, -0.2) is 59.9 Å². The second kappa shape index (κ2) is 38.5. The van der Waals surface area contributed by atoms with Gasteiger partial charge in [0.1, 0.15) is 0 Å². The van der Waals surface area contributed by atoms with Crippen molar-refractivity contribution in [1.82, 2.24) is 16.0 Å². The molecule has 0 aromatic carbocycles. The molecular weight excluding hydrogens is 588 g/mol. The molecule has 3 fully saturated rings. The van der Waals surface area contributed by atoms with Crippen LogP contribution in [0, 0.1) is 41.4 Å². The smallest absolute Gasteiger partial charge is 0.248 e. The Morgan fingerprint density at radius 2 is 0.872 bits per heavy atom. The molecule has 0 aromatic rings. The van der Waals surface area contributed by atoms with Crippen LogP contribution in [-0.2, 0) is 4.74 Å². The highest BCUT2D eigenvalue weighted by Crippen LogP contribution is 2.35. The predicted molar refractivity (Wildman–Crippen MR) is 210 cm³/mol. The molecule has 3 N–H and O–H groups in total. The number of nitrogens with one attached hydrogen (secondary N) is 3. The molecule has 0 radical (unpaired) electrons. The van der Waals surface area contributed by atoms with Gasteiger partial charge in [-0.05, 0) is 108 Å². The van der Waals surface area contributed by atoms with Gasteiger partial charge >= 0.3 is 0 Å². The first kappa shape index (κ1) is 53.5. The third-order valence-corrected chi connectivity index (χ3v) is 8.64. The molecule has 0 atom stereocenters. The van der Waals surface area contributed by atoms with Crippen LogP contribution in [0.3, 0.4) is 0 Å². The van der Waals surface area contributed by atoms with Gasteiger partial charge in [0.15, 0.2) is 0 Å². The van der Waals surface area contributed by atoms with Crippen molar-refractivity contribution < 1.29 is 13.5 Å². The average molecular weight is 680 g/mol. The summed E-state index contributed by atoms with van der Waals surface area (Å²) in [7, 11) is 5.92. The molecule has 0 amide bonds. The highest BCUT2D eigenvalue weighted by atomic mass is 19.3. The Hall–Kier alpha value is -0.300. The summed E-state index contributed by atoms with van der Waals surface area (Å²) in [5.41, 5.74) is 0. The van der Waals surface area contributed by atoms with Crippen molar-refractivity contribution in [3.05, 3.63) is 0 Å². The lowest BCUT2D eigenvalue weighted by Gasteiger charge is -2.25. The first-order valence-electron chi connectivity index (χ1n) is 19.9. The maximum Gasteiger partial charge on any atom is 0.248 e. The summed E-state index contributed by atoms with van der Waals surface area (Å²) < 4.78 is 29.9. The van der Waals surface area contributed by atoms with Gasteiger partial charge in [0, 0.05) is 26.1 Å². The first-order valence-corrected chi connectivity index (χ1v) is 19.9. The van der Waals surface area contributed by atoms with Crippen molar-refractivity contribution in [2.24, 2.45) is 41.4 Å². The third kappa shape index (κ3) is 52.7. The second-order valence-corrected chi connectivity index (χ2v) is 15.9. The Morgan fingerprint density at radius 1 is 0.553 bits per heavy atom. The summed E-state index contributed by atoms with van der Waals surface area (Å²) >= 11 is 0. The van der Waals surface area contributed by atoms with E-state index in [1.807, 2.05) is 28.1 Å². The molecule has 1 heterocycles. The summed E-state index contributed by atoms with van der Waals surface area (Å²) in [5.74, 6) is 3.42. The van der Waals surface area contributed by atoms with Crippen molar-refractivity contribution in [2.75, 3.05) is 54.0 Å². The molecule has 0 spiro atoms. The van der Waals surface area contributed by atoms with Gasteiger partial charge in [-0.25, -0.2) is 8.78 Å². The molecule has 6 heteroatoms. The van der Waals surface area contributed by atoms with E-state index >= 15 is 0 Å². The molecule has 3 rings (SSSR count). The van der Waals surface area contributed by atoms with E-state index in [1.165, 1.54) is 57.8 Å². The Kier molecular flexibility index (Phi) is 43.8. The van der Waals surface area contributed by atoms with E-state index in [0.717, 1.165) is 68.4 Å². The number of alkyl halides is 2. The van der Waals surface area contributed by atoms with Gasteiger partial charge in [0.05, 0.1) is 0 Å². The fraction of sp³-hybridized carbons (Fsp3) is 1.00. The second-order valence-electron chi connectivity index (χ2n) is 15.9. The van der Waals surface area contributed by atoms with Crippen LogP contribution < -0.4 is 16.0 Å². The molecular formula is C41H91F2N3O. The normalized spacial score (nSPS) is 18.1. The average Bonchev–Trinajstić information content (AvgIpc) is 3.01. The lowest BCUT2D eigenvalue weighted by atomic mass is 9.88. The fourth-order valence-corrected chi connectivity index (χ4v) is 4.82. The van der Waals surface area contributed by atoms with Gasteiger partial charge in [-0.15, -0.1) is 0 Å². The molecule has 290 valence electrons. The topological polar surface area (TPSA) is 45.3 Å². The van der Waals surface area contributed by atoms with Crippen LogP contribution in [0.15, 0.2) is 0 Å². The summed E-state index contributed by atoms with van der Waals surface area (Å²) in [6, 6.07) is 0. The molecule has 47 heavy (non-hydrogen) atoms. The minimum absolute atomic E-state index is 0.105. The molecule has 2 saturated carbocycles. The standard InChI is InChI=1S/C7H12F2.C7H14.C6H12O.C6H14.3C5H13N/c1-6-2-4-7(8,9)5-3-6;1-7-5-3-2-4-6-7;1-6-2-4-7-5-3-6;1-4-6(3)5-2;3*1-5(2)4-6-3/h6H,2-5H2,1H3;7H,2-6H2,1H3;6H,2-5H2,1H3;6H,4-5H2,1-3H3;3*5-6H,4H2,1-3H3. The van der Waals surface area contributed by atoms with E-state index in [4.69, 9.17) is 4.74 Å². The Labute approximate surface area is 296 Å². The van der Waals surface area contributed by atoms with Crippen molar-refractivity contribution in [3.63, 3.8) is 0 Å². The summed E-state index contributed by atoms with van der Waals surface area (Å²) in [6.07, 6.45) is 14.2. The van der Waals surface area contributed by atoms with Gasteiger partial charge in [0.2, 0.25) is 5.92 Å². The molecule has 1 saturated heterocycles. The fourth-order valence-electron chi connectivity index (χ4n) is 4.82. The van der Waals surface area contributed by atoms with Crippen LogP contribution in [0.25, 0.3) is 0 Å². The quantitative estimate of drug-likeness (QED) is 0.239. The van der Waals surface area contributed by atoms with E-state index in [1.54, 1.807) is 0 Å². The van der Waals surface area contributed by atoms with Crippen molar-refractivity contribution in [1.29, 1.82) is 0 Å². The number of halogens is 2. The minimum atomic E-state index is -2.34. The van der Waals surface area contributed by atoms with E-state index in [2.05, 4.69) is 92.1 Å². The van der Waals surface area contributed by atoms with Crippen molar-refractivity contribution in [2.45, 2.75) is 172 Å².